The quantitative estimate of drug-likeness (QED) is 0.810. The van der Waals surface area contributed by atoms with E-state index in [4.69, 9.17) is 39.5 Å². The Labute approximate surface area is 92.4 Å². The molecule has 0 amide bonds. The molecule has 14 heavy (non-hydrogen) atoms. The van der Waals surface area contributed by atoms with Crippen LogP contribution in [0.25, 0.3) is 0 Å². The molecular weight excluding hydrogens is 223 g/mol. The molecule has 0 aliphatic carbocycles. The minimum absolute atomic E-state index is 0.130. The van der Waals surface area contributed by atoms with Gasteiger partial charge in [-0.3, -0.25) is 0 Å². The fraction of sp³-hybridized carbons (Fsp3) is 0.200. The summed E-state index contributed by atoms with van der Waals surface area (Å²) in [5.74, 6) is 2.78. The molecule has 1 rings (SSSR count). The monoisotopic (exact) mass is 230 g/mol. The van der Waals surface area contributed by atoms with Crippen LogP contribution < -0.4 is 4.74 Å². The Bertz CT molecular complexity index is 369. The second-order valence-electron chi connectivity index (χ2n) is 2.49. The minimum atomic E-state index is -0.237. The second kappa shape index (κ2) is 5.11. The third-order valence-electron chi connectivity index (χ3n) is 1.62. The number of hydrogen-bond acceptors (Lipinski definition) is 2. The Morgan fingerprint density at radius 2 is 2.14 bits per heavy atom. The molecule has 1 aromatic rings. The first-order valence-corrected chi connectivity index (χ1v) is 4.60. The van der Waals surface area contributed by atoms with Gasteiger partial charge in [-0.05, 0) is 12.1 Å². The van der Waals surface area contributed by atoms with Gasteiger partial charge in [0.05, 0.1) is 16.7 Å². The van der Waals surface area contributed by atoms with Crippen LogP contribution in [0.5, 0.6) is 5.75 Å². The standard InChI is InChI=1S/C10H8Cl2O2/c1-2-5-14-9-4-3-8(11)10(12)7(9)6-13/h1,3-4,13H,5-6H2. The highest BCUT2D eigenvalue weighted by atomic mass is 35.5. The lowest BCUT2D eigenvalue weighted by atomic mass is 10.2. The zero-order chi connectivity index (χ0) is 10.6. The molecule has 0 aliphatic heterocycles. The summed E-state index contributed by atoms with van der Waals surface area (Å²) >= 11 is 11.6. The van der Waals surface area contributed by atoms with Crippen LogP contribution in [0, 0.1) is 12.3 Å². The third kappa shape index (κ3) is 2.33. The molecule has 0 radical (unpaired) electrons. The number of aliphatic hydroxyl groups excluding tert-OH is 1. The predicted molar refractivity (Wildman–Crippen MR) is 56.7 cm³/mol. The van der Waals surface area contributed by atoms with Crippen LogP contribution in [0.2, 0.25) is 10.0 Å². The summed E-state index contributed by atoms with van der Waals surface area (Å²) < 4.78 is 5.17. The van der Waals surface area contributed by atoms with Gasteiger partial charge in [0.1, 0.15) is 12.4 Å². The van der Waals surface area contributed by atoms with Crippen molar-refractivity contribution in [3.8, 4) is 18.1 Å². The number of terminal acetylenes is 1. The molecule has 0 aliphatic rings. The Morgan fingerprint density at radius 3 is 2.71 bits per heavy atom. The molecule has 0 aromatic heterocycles. The zero-order valence-electron chi connectivity index (χ0n) is 7.26. The van der Waals surface area contributed by atoms with Gasteiger partial charge in [-0.25, -0.2) is 0 Å². The molecule has 2 nitrogen and oxygen atoms in total. The van der Waals surface area contributed by atoms with E-state index < -0.39 is 0 Å². The first-order chi connectivity index (χ1) is 6.70. The van der Waals surface area contributed by atoms with Crippen LogP contribution in [-0.2, 0) is 6.61 Å². The van der Waals surface area contributed by atoms with Crippen LogP contribution in [-0.4, -0.2) is 11.7 Å². The van der Waals surface area contributed by atoms with Gasteiger partial charge in [0.25, 0.3) is 0 Å². The second-order valence-corrected chi connectivity index (χ2v) is 3.27. The summed E-state index contributed by atoms with van der Waals surface area (Å²) in [4.78, 5) is 0. The van der Waals surface area contributed by atoms with Crippen molar-refractivity contribution in [2.75, 3.05) is 6.61 Å². The fourth-order valence-electron chi connectivity index (χ4n) is 0.977. The average molecular weight is 231 g/mol. The Balaban J connectivity index is 3.05. The normalized spacial score (nSPS) is 9.57. The maximum absolute atomic E-state index is 9.05. The van der Waals surface area contributed by atoms with Crippen LogP contribution in [0.4, 0.5) is 0 Å². The maximum atomic E-state index is 9.05. The van der Waals surface area contributed by atoms with Crippen LogP contribution in [0.1, 0.15) is 5.56 Å². The van der Waals surface area contributed by atoms with Crippen molar-refractivity contribution in [2.45, 2.75) is 6.61 Å². The molecule has 0 saturated carbocycles. The summed E-state index contributed by atoms with van der Waals surface area (Å²) in [5.41, 5.74) is 0.453. The van der Waals surface area contributed by atoms with Gasteiger partial charge in [-0.2, -0.15) is 0 Å². The number of hydrogen-bond donors (Lipinski definition) is 1. The molecule has 0 bridgehead atoms. The lowest BCUT2D eigenvalue weighted by molar-refractivity contribution is 0.271. The van der Waals surface area contributed by atoms with E-state index in [1.54, 1.807) is 12.1 Å². The van der Waals surface area contributed by atoms with Crippen molar-refractivity contribution in [2.24, 2.45) is 0 Å². The minimum Gasteiger partial charge on any atom is -0.481 e. The molecule has 0 unspecified atom stereocenters. The molecule has 0 spiro atoms. The lowest BCUT2D eigenvalue weighted by Crippen LogP contribution is -1.98. The summed E-state index contributed by atoms with van der Waals surface area (Å²) in [7, 11) is 0. The molecule has 74 valence electrons. The van der Waals surface area contributed by atoms with E-state index >= 15 is 0 Å². The molecule has 0 heterocycles. The number of benzene rings is 1. The van der Waals surface area contributed by atoms with Gasteiger partial charge in [-0.1, -0.05) is 29.1 Å². The molecule has 4 heteroatoms. The summed E-state index contributed by atoms with van der Waals surface area (Å²) in [5, 5.41) is 9.72. The zero-order valence-corrected chi connectivity index (χ0v) is 8.77. The SMILES string of the molecule is C#CCOc1ccc(Cl)c(Cl)c1CO. The highest BCUT2D eigenvalue weighted by molar-refractivity contribution is 6.42. The van der Waals surface area contributed by atoms with E-state index in [0.717, 1.165) is 0 Å². The summed E-state index contributed by atoms with van der Waals surface area (Å²) in [6.07, 6.45) is 5.04. The van der Waals surface area contributed by atoms with Crippen molar-refractivity contribution < 1.29 is 9.84 Å². The van der Waals surface area contributed by atoms with E-state index in [-0.39, 0.29) is 13.2 Å². The smallest absolute Gasteiger partial charge is 0.148 e. The first kappa shape index (κ1) is 11.2. The van der Waals surface area contributed by atoms with Crippen LogP contribution in [0.3, 0.4) is 0 Å². The molecule has 1 N–H and O–H groups in total. The van der Waals surface area contributed by atoms with Gasteiger partial charge in [0.15, 0.2) is 0 Å². The molecule has 0 fully saturated rings. The summed E-state index contributed by atoms with van der Waals surface area (Å²) in [6.45, 7) is -0.107. The number of halogens is 2. The Hall–Kier alpha value is -0.880. The van der Waals surface area contributed by atoms with Crippen LogP contribution in [0.15, 0.2) is 12.1 Å². The Morgan fingerprint density at radius 1 is 1.43 bits per heavy atom. The van der Waals surface area contributed by atoms with E-state index in [1.807, 2.05) is 0 Å². The van der Waals surface area contributed by atoms with Gasteiger partial charge in [0, 0.05) is 5.56 Å². The average Bonchev–Trinajstić information content (AvgIpc) is 2.20. The molecule has 0 saturated heterocycles. The highest BCUT2D eigenvalue weighted by Crippen LogP contribution is 2.32. The van der Waals surface area contributed by atoms with Crippen LogP contribution >= 0.6 is 23.2 Å². The van der Waals surface area contributed by atoms with Gasteiger partial charge < -0.3 is 9.84 Å². The largest absolute Gasteiger partial charge is 0.481 e. The number of rotatable bonds is 3. The summed E-state index contributed by atoms with van der Waals surface area (Å²) in [6, 6.07) is 3.21. The van der Waals surface area contributed by atoms with E-state index in [9.17, 15) is 0 Å². The Kier molecular flexibility index (Phi) is 4.09. The van der Waals surface area contributed by atoms with Crippen molar-refractivity contribution in [3.63, 3.8) is 0 Å². The third-order valence-corrected chi connectivity index (χ3v) is 2.47. The number of aliphatic hydroxyl groups is 1. The highest BCUT2D eigenvalue weighted by Gasteiger charge is 2.10. The molecular formula is C10H8Cl2O2. The molecule has 1 aromatic carbocycles. The maximum Gasteiger partial charge on any atom is 0.148 e. The predicted octanol–water partition coefficient (Wildman–Crippen LogP) is 2.50. The molecule has 0 atom stereocenters. The van der Waals surface area contributed by atoms with E-state index in [0.29, 0.717) is 21.4 Å². The van der Waals surface area contributed by atoms with Crippen molar-refractivity contribution in [1.82, 2.24) is 0 Å². The van der Waals surface area contributed by atoms with E-state index in [2.05, 4.69) is 5.92 Å². The van der Waals surface area contributed by atoms with Gasteiger partial charge >= 0.3 is 0 Å². The number of ether oxygens (including phenoxy) is 1. The van der Waals surface area contributed by atoms with Gasteiger partial charge in [0.2, 0.25) is 0 Å². The first-order valence-electron chi connectivity index (χ1n) is 3.84. The fourth-order valence-corrected chi connectivity index (χ4v) is 1.37. The lowest BCUT2D eigenvalue weighted by Gasteiger charge is -2.10. The topological polar surface area (TPSA) is 29.5 Å². The van der Waals surface area contributed by atoms with Crippen molar-refractivity contribution >= 4 is 23.2 Å². The van der Waals surface area contributed by atoms with Crippen molar-refractivity contribution in [3.05, 3.63) is 27.7 Å². The van der Waals surface area contributed by atoms with Gasteiger partial charge in [-0.15, -0.1) is 6.42 Å². The van der Waals surface area contributed by atoms with E-state index in [1.165, 1.54) is 0 Å². The van der Waals surface area contributed by atoms with Crippen molar-refractivity contribution in [1.29, 1.82) is 0 Å².